The van der Waals surface area contributed by atoms with Crippen LogP contribution in [0.4, 0.5) is 10.1 Å². The van der Waals surface area contributed by atoms with Gasteiger partial charge in [0.15, 0.2) is 0 Å². The van der Waals surface area contributed by atoms with E-state index in [1.807, 2.05) is 10.8 Å². The molecule has 0 aliphatic carbocycles. The maximum absolute atomic E-state index is 13.6. The molecule has 0 bridgehead atoms. The molecular formula is C13H16FN3O. The van der Waals surface area contributed by atoms with Crippen molar-refractivity contribution in [3.8, 4) is 5.75 Å². The summed E-state index contributed by atoms with van der Waals surface area (Å²) >= 11 is 0. The van der Waals surface area contributed by atoms with Gasteiger partial charge in [-0.1, -0.05) is 0 Å². The highest BCUT2D eigenvalue weighted by atomic mass is 19.1. The quantitative estimate of drug-likeness (QED) is 0.800. The molecule has 1 aromatic heterocycles. The summed E-state index contributed by atoms with van der Waals surface area (Å²) in [5.41, 5.74) is 0.501. The Morgan fingerprint density at radius 3 is 3.00 bits per heavy atom. The molecule has 0 radical (unpaired) electrons. The Morgan fingerprint density at radius 1 is 1.44 bits per heavy atom. The Kier molecular flexibility index (Phi) is 4.17. The van der Waals surface area contributed by atoms with E-state index in [1.165, 1.54) is 13.2 Å². The monoisotopic (exact) mass is 249 g/mol. The lowest BCUT2D eigenvalue weighted by molar-refractivity contribution is 0.411. The molecular weight excluding hydrogens is 233 g/mol. The molecule has 1 heterocycles. The van der Waals surface area contributed by atoms with Gasteiger partial charge in [-0.05, 0) is 18.6 Å². The Labute approximate surface area is 105 Å². The number of methoxy groups -OCH3 is 1. The fourth-order valence-corrected chi connectivity index (χ4v) is 1.67. The summed E-state index contributed by atoms with van der Waals surface area (Å²) in [6.07, 6.45) is 6.33. The average molecular weight is 249 g/mol. The van der Waals surface area contributed by atoms with Crippen LogP contribution >= 0.6 is 0 Å². The van der Waals surface area contributed by atoms with Crippen LogP contribution in [0.15, 0.2) is 36.9 Å². The van der Waals surface area contributed by atoms with Crippen LogP contribution < -0.4 is 10.1 Å². The standard InChI is InChI=1S/C13H16FN3O/c1-18-11-3-4-13(12(14)9-11)16-5-2-7-17-8-6-15-10-17/h3-4,6,8-10,16H,2,5,7H2,1H3. The SMILES string of the molecule is COc1ccc(NCCCn2ccnc2)c(F)c1. The van der Waals surface area contributed by atoms with Crippen molar-refractivity contribution in [1.29, 1.82) is 0 Å². The predicted octanol–water partition coefficient (Wildman–Crippen LogP) is 2.53. The molecule has 0 amide bonds. The molecule has 4 nitrogen and oxygen atoms in total. The number of halogens is 1. The molecule has 0 aliphatic heterocycles. The first kappa shape index (κ1) is 12.4. The molecule has 0 spiro atoms. The minimum absolute atomic E-state index is 0.294. The third-order valence-corrected chi connectivity index (χ3v) is 2.64. The van der Waals surface area contributed by atoms with Crippen LogP contribution in [0.25, 0.3) is 0 Å². The fourth-order valence-electron chi connectivity index (χ4n) is 1.67. The van der Waals surface area contributed by atoms with Crippen LogP contribution in [0.2, 0.25) is 0 Å². The summed E-state index contributed by atoms with van der Waals surface area (Å²) in [6, 6.07) is 4.80. The van der Waals surface area contributed by atoms with E-state index in [2.05, 4.69) is 10.3 Å². The van der Waals surface area contributed by atoms with E-state index < -0.39 is 0 Å². The highest BCUT2D eigenvalue weighted by Crippen LogP contribution is 2.20. The number of nitrogens with zero attached hydrogens (tertiary/aromatic N) is 2. The van der Waals surface area contributed by atoms with E-state index in [0.717, 1.165) is 13.0 Å². The Hall–Kier alpha value is -2.04. The van der Waals surface area contributed by atoms with E-state index in [9.17, 15) is 4.39 Å². The number of anilines is 1. The fraction of sp³-hybridized carbons (Fsp3) is 0.308. The molecule has 96 valence electrons. The first-order valence-electron chi connectivity index (χ1n) is 5.83. The van der Waals surface area contributed by atoms with Gasteiger partial charge in [0.25, 0.3) is 0 Å². The average Bonchev–Trinajstić information content (AvgIpc) is 2.89. The van der Waals surface area contributed by atoms with Crippen LogP contribution in [0.3, 0.4) is 0 Å². The van der Waals surface area contributed by atoms with Crippen molar-refractivity contribution in [2.24, 2.45) is 0 Å². The number of hydrogen-bond acceptors (Lipinski definition) is 3. The number of aryl methyl sites for hydroxylation is 1. The van der Waals surface area contributed by atoms with Gasteiger partial charge in [0.05, 0.1) is 19.1 Å². The summed E-state index contributed by atoms with van der Waals surface area (Å²) in [4.78, 5) is 3.96. The maximum atomic E-state index is 13.6. The van der Waals surface area contributed by atoms with Crippen LogP contribution in [0.1, 0.15) is 6.42 Å². The zero-order valence-corrected chi connectivity index (χ0v) is 10.3. The van der Waals surface area contributed by atoms with E-state index in [-0.39, 0.29) is 5.82 Å². The molecule has 0 aliphatic rings. The third kappa shape index (κ3) is 3.23. The molecule has 0 atom stereocenters. The normalized spacial score (nSPS) is 10.3. The molecule has 0 saturated carbocycles. The first-order valence-corrected chi connectivity index (χ1v) is 5.83. The van der Waals surface area contributed by atoms with Crippen molar-refractivity contribution < 1.29 is 9.13 Å². The lowest BCUT2D eigenvalue weighted by Crippen LogP contribution is -2.07. The lowest BCUT2D eigenvalue weighted by Gasteiger charge is -2.09. The van der Waals surface area contributed by atoms with Gasteiger partial charge in [-0.15, -0.1) is 0 Å². The number of aromatic nitrogens is 2. The number of nitrogens with one attached hydrogen (secondary N) is 1. The summed E-state index contributed by atoms with van der Waals surface area (Å²) in [6.45, 7) is 1.58. The number of rotatable bonds is 6. The van der Waals surface area contributed by atoms with E-state index >= 15 is 0 Å². The molecule has 1 N–H and O–H groups in total. The van der Waals surface area contributed by atoms with E-state index in [0.29, 0.717) is 18.0 Å². The summed E-state index contributed by atoms with van der Waals surface area (Å²) in [7, 11) is 1.52. The van der Waals surface area contributed by atoms with Gasteiger partial charge < -0.3 is 14.6 Å². The van der Waals surface area contributed by atoms with Crippen molar-refractivity contribution in [1.82, 2.24) is 9.55 Å². The first-order chi connectivity index (χ1) is 8.79. The van der Waals surface area contributed by atoms with Gasteiger partial charge in [0.2, 0.25) is 0 Å². The van der Waals surface area contributed by atoms with Crippen molar-refractivity contribution in [2.45, 2.75) is 13.0 Å². The molecule has 2 rings (SSSR count). The lowest BCUT2D eigenvalue weighted by atomic mass is 10.2. The largest absolute Gasteiger partial charge is 0.497 e. The van der Waals surface area contributed by atoms with Gasteiger partial charge in [-0.3, -0.25) is 0 Å². The molecule has 5 heteroatoms. The molecule has 0 unspecified atom stereocenters. The minimum Gasteiger partial charge on any atom is -0.497 e. The van der Waals surface area contributed by atoms with Crippen LogP contribution in [-0.4, -0.2) is 23.2 Å². The topological polar surface area (TPSA) is 39.1 Å². The summed E-state index contributed by atoms with van der Waals surface area (Å²) < 4.78 is 20.5. The highest BCUT2D eigenvalue weighted by Gasteiger charge is 2.02. The van der Waals surface area contributed by atoms with Crippen LogP contribution in [0.5, 0.6) is 5.75 Å². The molecule has 0 fully saturated rings. The third-order valence-electron chi connectivity index (χ3n) is 2.64. The smallest absolute Gasteiger partial charge is 0.149 e. The van der Waals surface area contributed by atoms with Gasteiger partial charge in [-0.25, -0.2) is 9.37 Å². The van der Waals surface area contributed by atoms with Crippen molar-refractivity contribution in [3.63, 3.8) is 0 Å². The number of imidazole rings is 1. The van der Waals surface area contributed by atoms with Gasteiger partial charge in [-0.2, -0.15) is 0 Å². The van der Waals surface area contributed by atoms with Crippen LogP contribution in [-0.2, 0) is 6.54 Å². The predicted molar refractivity (Wildman–Crippen MR) is 68.3 cm³/mol. The minimum atomic E-state index is -0.294. The second-order valence-electron chi connectivity index (χ2n) is 3.93. The number of ether oxygens (including phenoxy) is 1. The maximum Gasteiger partial charge on any atom is 0.149 e. The number of hydrogen-bond donors (Lipinski definition) is 1. The number of benzene rings is 1. The van der Waals surface area contributed by atoms with Crippen molar-refractivity contribution >= 4 is 5.69 Å². The van der Waals surface area contributed by atoms with Gasteiger partial charge >= 0.3 is 0 Å². The Balaban J connectivity index is 1.79. The Bertz CT molecular complexity index is 485. The molecule has 0 saturated heterocycles. The second-order valence-corrected chi connectivity index (χ2v) is 3.93. The van der Waals surface area contributed by atoms with Gasteiger partial charge in [0, 0.05) is 31.5 Å². The highest BCUT2D eigenvalue weighted by molar-refractivity contribution is 5.47. The molecule has 1 aromatic carbocycles. The van der Waals surface area contributed by atoms with Crippen molar-refractivity contribution in [2.75, 3.05) is 19.0 Å². The van der Waals surface area contributed by atoms with Crippen molar-refractivity contribution in [3.05, 3.63) is 42.7 Å². The zero-order chi connectivity index (χ0) is 12.8. The molecule has 18 heavy (non-hydrogen) atoms. The summed E-state index contributed by atoms with van der Waals surface area (Å²) in [5, 5.41) is 3.06. The summed E-state index contributed by atoms with van der Waals surface area (Å²) in [5.74, 6) is 0.230. The van der Waals surface area contributed by atoms with E-state index in [1.54, 1.807) is 24.7 Å². The van der Waals surface area contributed by atoms with E-state index in [4.69, 9.17) is 4.74 Å². The molecule has 2 aromatic rings. The zero-order valence-electron chi connectivity index (χ0n) is 10.3. The Morgan fingerprint density at radius 2 is 2.33 bits per heavy atom. The van der Waals surface area contributed by atoms with Gasteiger partial charge in [0.1, 0.15) is 11.6 Å². The van der Waals surface area contributed by atoms with Crippen LogP contribution in [0, 0.1) is 5.82 Å². The second kappa shape index (κ2) is 6.05.